The standard InChI is InChI=1S/C19H40O4/c1-9-11-13-15-17(3,4)20-22-19(7,8)23-21-18(5,6)16-14-12-10-2/h9-16H2,1-8H3. The van der Waals surface area contributed by atoms with Crippen molar-refractivity contribution in [2.75, 3.05) is 0 Å². The minimum atomic E-state index is -0.940. The topological polar surface area (TPSA) is 36.9 Å². The molecule has 0 radical (unpaired) electrons. The first-order chi connectivity index (χ1) is 10.5. The Balaban J connectivity index is 4.16. The van der Waals surface area contributed by atoms with Crippen LogP contribution in [-0.4, -0.2) is 17.0 Å². The van der Waals surface area contributed by atoms with Crippen LogP contribution in [0.25, 0.3) is 0 Å². The summed E-state index contributed by atoms with van der Waals surface area (Å²) in [5.41, 5.74) is -0.654. The Morgan fingerprint density at radius 3 is 1.17 bits per heavy atom. The monoisotopic (exact) mass is 332 g/mol. The molecule has 0 aromatic carbocycles. The van der Waals surface area contributed by atoms with E-state index in [4.69, 9.17) is 19.6 Å². The van der Waals surface area contributed by atoms with Gasteiger partial charge >= 0.3 is 0 Å². The molecule has 0 heterocycles. The maximum Gasteiger partial charge on any atom is 0.228 e. The molecule has 0 rings (SSSR count). The van der Waals surface area contributed by atoms with E-state index in [1.165, 1.54) is 25.7 Å². The van der Waals surface area contributed by atoms with E-state index in [1.807, 2.05) is 27.7 Å². The maximum absolute atomic E-state index is 5.60. The zero-order valence-corrected chi connectivity index (χ0v) is 16.8. The largest absolute Gasteiger partial charge is 0.228 e. The van der Waals surface area contributed by atoms with Crippen molar-refractivity contribution in [2.24, 2.45) is 0 Å². The van der Waals surface area contributed by atoms with Crippen molar-refractivity contribution in [1.29, 1.82) is 0 Å². The Morgan fingerprint density at radius 2 is 0.870 bits per heavy atom. The summed E-state index contributed by atoms with van der Waals surface area (Å²) in [5.74, 6) is -0.940. The normalized spacial score (nSPS) is 13.6. The molecule has 0 N–H and O–H groups in total. The number of hydrogen-bond donors (Lipinski definition) is 0. The molecule has 4 nitrogen and oxygen atoms in total. The van der Waals surface area contributed by atoms with Crippen LogP contribution in [-0.2, 0) is 19.6 Å². The molecule has 0 aliphatic heterocycles. The second-order valence-electron chi connectivity index (χ2n) is 8.17. The van der Waals surface area contributed by atoms with E-state index >= 15 is 0 Å². The summed E-state index contributed by atoms with van der Waals surface area (Å²) in [4.78, 5) is 22.2. The van der Waals surface area contributed by atoms with Crippen molar-refractivity contribution in [2.45, 2.75) is 124 Å². The lowest BCUT2D eigenvalue weighted by atomic mass is 10.0. The van der Waals surface area contributed by atoms with Gasteiger partial charge in [-0.05, 0) is 54.4 Å². The molecule has 0 spiro atoms. The Kier molecular flexibility index (Phi) is 10.6. The lowest BCUT2D eigenvalue weighted by Crippen LogP contribution is -2.37. The summed E-state index contributed by atoms with van der Waals surface area (Å²) in [5, 5.41) is 0. The summed E-state index contributed by atoms with van der Waals surface area (Å²) in [6, 6.07) is 0. The third kappa shape index (κ3) is 12.9. The summed E-state index contributed by atoms with van der Waals surface area (Å²) in [7, 11) is 0. The molecule has 0 aliphatic rings. The fourth-order valence-electron chi connectivity index (χ4n) is 2.12. The molecule has 4 heteroatoms. The van der Waals surface area contributed by atoms with E-state index in [-0.39, 0.29) is 11.2 Å². The summed E-state index contributed by atoms with van der Waals surface area (Å²) in [6.07, 6.45) is 9.01. The Bertz CT molecular complexity index is 270. The third-order valence-electron chi connectivity index (χ3n) is 3.70. The quantitative estimate of drug-likeness (QED) is 0.161. The van der Waals surface area contributed by atoms with Crippen LogP contribution in [0.3, 0.4) is 0 Å². The average Bonchev–Trinajstić information content (AvgIpc) is 2.44. The molecular weight excluding hydrogens is 292 g/mol. The highest BCUT2D eigenvalue weighted by Gasteiger charge is 2.31. The zero-order chi connectivity index (χ0) is 18.0. The van der Waals surface area contributed by atoms with Crippen LogP contribution in [0.1, 0.15) is 107 Å². The highest BCUT2D eigenvalue weighted by Crippen LogP contribution is 2.26. The van der Waals surface area contributed by atoms with Gasteiger partial charge in [0.1, 0.15) is 0 Å². The molecule has 23 heavy (non-hydrogen) atoms. The fourth-order valence-corrected chi connectivity index (χ4v) is 2.12. The Morgan fingerprint density at radius 1 is 0.522 bits per heavy atom. The van der Waals surface area contributed by atoms with E-state index in [0.717, 1.165) is 25.7 Å². The van der Waals surface area contributed by atoms with Gasteiger partial charge in [-0.1, -0.05) is 52.4 Å². The van der Waals surface area contributed by atoms with E-state index in [2.05, 4.69) is 13.8 Å². The van der Waals surface area contributed by atoms with Gasteiger partial charge in [0.2, 0.25) is 5.79 Å². The minimum absolute atomic E-state index is 0.327. The molecule has 0 aliphatic carbocycles. The molecule has 0 aromatic heterocycles. The summed E-state index contributed by atoms with van der Waals surface area (Å²) in [6.45, 7) is 16.1. The van der Waals surface area contributed by atoms with E-state index in [1.54, 1.807) is 13.8 Å². The predicted molar refractivity (Wildman–Crippen MR) is 94.9 cm³/mol. The van der Waals surface area contributed by atoms with Crippen LogP contribution in [0.4, 0.5) is 0 Å². The molecule has 0 unspecified atom stereocenters. The van der Waals surface area contributed by atoms with Gasteiger partial charge in [0, 0.05) is 0 Å². The van der Waals surface area contributed by atoms with Crippen LogP contribution in [0.2, 0.25) is 0 Å². The summed E-state index contributed by atoms with van der Waals surface area (Å²) < 4.78 is 0. The van der Waals surface area contributed by atoms with E-state index in [9.17, 15) is 0 Å². The van der Waals surface area contributed by atoms with Gasteiger partial charge in [-0.2, -0.15) is 9.78 Å². The molecule has 0 bridgehead atoms. The zero-order valence-electron chi connectivity index (χ0n) is 16.8. The average molecular weight is 333 g/mol. The van der Waals surface area contributed by atoms with Crippen LogP contribution in [0.15, 0.2) is 0 Å². The maximum atomic E-state index is 5.60. The van der Waals surface area contributed by atoms with Crippen LogP contribution in [0.5, 0.6) is 0 Å². The predicted octanol–water partition coefficient (Wildman–Crippen LogP) is 6.34. The number of unbranched alkanes of at least 4 members (excludes halogenated alkanes) is 4. The van der Waals surface area contributed by atoms with Crippen molar-refractivity contribution in [3.8, 4) is 0 Å². The molecule has 0 aromatic rings. The fraction of sp³-hybridized carbons (Fsp3) is 1.00. The highest BCUT2D eigenvalue weighted by molar-refractivity contribution is 4.68. The van der Waals surface area contributed by atoms with E-state index < -0.39 is 5.79 Å². The van der Waals surface area contributed by atoms with Crippen molar-refractivity contribution < 1.29 is 19.6 Å². The molecule has 140 valence electrons. The molecule has 0 atom stereocenters. The lowest BCUT2D eigenvalue weighted by molar-refractivity contribution is -0.534. The van der Waals surface area contributed by atoms with Crippen molar-refractivity contribution in [3.63, 3.8) is 0 Å². The van der Waals surface area contributed by atoms with Crippen LogP contribution < -0.4 is 0 Å². The second-order valence-corrected chi connectivity index (χ2v) is 8.17. The van der Waals surface area contributed by atoms with Gasteiger partial charge in [-0.25, -0.2) is 9.78 Å². The van der Waals surface area contributed by atoms with Gasteiger partial charge in [0.15, 0.2) is 0 Å². The molecule has 0 fully saturated rings. The molecule has 0 saturated heterocycles. The number of hydrogen-bond acceptors (Lipinski definition) is 4. The van der Waals surface area contributed by atoms with Gasteiger partial charge in [-0.3, -0.25) is 0 Å². The first kappa shape index (κ1) is 22.8. The van der Waals surface area contributed by atoms with Gasteiger partial charge < -0.3 is 0 Å². The smallest absolute Gasteiger partial charge is 0.228 e. The van der Waals surface area contributed by atoms with Crippen LogP contribution >= 0.6 is 0 Å². The second kappa shape index (κ2) is 10.7. The number of rotatable bonds is 14. The Hall–Kier alpha value is -0.160. The lowest BCUT2D eigenvalue weighted by Gasteiger charge is -2.32. The van der Waals surface area contributed by atoms with E-state index in [0.29, 0.717) is 0 Å². The first-order valence-electron chi connectivity index (χ1n) is 9.27. The Labute approximate surface area is 144 Å². The van der Waals surface area contributed by atoms with Crippen molar-refractivity contribution in [1.82, 2.24) is 0 Å². The molecular formula is C19H40O4. The van der Waals surface area contributed by atoms with Gasteiger partial charge in [0.25, 0.3) is 0 Å². The molecule has 0 amide bonds. The van der Waals surface area contributed by atoms with Crippen LogP contribution in [0, 0.1) is 0 Å². The summed E-state index contributed by atoms with van der Waals surface area (Å²) >= 11 is 0. The third-order valence-corrected chi connectivity index (χ3v) is 3.70. The first-order valence-corrected chi connectivity index (χ1v) is 9.27. The van der Waals surface area contributed by atoms with Crippen molar-refractivity contribution >= 4 is 0 Å². The van der Waals surface area contributed by atoms with Crippen molar-refractivity contribution in [3.05, 3.63) is 0 Å². The minimum Gasteiger partial charge on any atom is -0.228 e. The highest BCUT2D eigenvalue weighted by atomic mass is 17.3. The van der Waals surface area contributed by atoms with Gasteiger partial charge in [0.05, 0.1) is 11.2 Å². The molecule has 0 saturated carbocycles. The SMILES string of the molecule is CCCCCC(C)(C)OOC(C)(C)OOC(C)(C)CCCCC. The van der Waals surface area contributed by atoms with Gasteiger partial charge in [-0.15, -0.1) is 0 Å².